The Bertz CT molecular complexity index is 571. The van der Waals surface area contributed by atoms with Crippen LogP contribution in [0.1, 0.15) is 30.9 Å². The van der Waals surface area contributed by atoms with Crippen molar-refractivity contribution in [1.29, 1.82) is 0 Å². The van der Waals surface area contributed by atoms with Gasteiger partial charge < -0.3 is 15.1 Å². The highest BCUT2D eigenvalue weighted by atomic mass is 31.2. The van der Waals surface area contributed by atoms with Gasteiger partial charge in [-0.15, -0.1) is 0 Å². The second-order valence-electron chi connectivity index (χ2n) is 4.98. The fourth-order valence-electron chi connectivity index (χ4n) is 1.93. The van der Waals surface area contributed by atoms with Gasteiger partial charge in [-0.1, -0.05) is 31.2 Å². The molecule has 8 heteroatoms. The van der Waals surface area contributed by atoms with E-state index in [0.29, 0.717) is 5.56 Å². The Morgan fingerprint density at radius 2 is 1.73 bits per heavy atom. The van der Waals surface area contributed by atoms with E-state index in [0.717, 1.165) is 12.0 Å². The van der Waals surface area contributed by atoms with Crippen LogP contribution < -0.4 is 5.09 Å². The summed E-state index contributed by atoms with van der Waals surface area (Å²) in [4.78, 5) is 31.4. The molecule has 0 fully saturated rings. The minimum atomic E-state index is -3.93. The Hall–Kier alpha value is -1.69. The highest BCUT2D eigenvalue weighted by molar-refractivity contribution is 7.55. The van der Waals surface area contributed by atoms with E-state index in [9.17, 15) is 19.0 Å². The lowest BCUT2D eigenvalue weighted by atomic mass is 10.1. The van der Waals surface area contributed by atoms with Crippen molar-refractivity contribution >= 4 is 19.5 Å². The molecule has 1 aromatic rings. The highest BCUT2D eigenvalue weighted by Crippen LogP contribution is 2.40. The second-order valence-corrected chi connectivity index (χ2v) is 6.96. The molecule has 1 rings (SSSR count). The van der Waals surface area contributed by atoms with E-state index < -0.39 is 31.9 Å². The molecular weight excluding hydrogens is 309 g/mol. The van der Waals surface area contributed by atoms with Crippen molar-refractivity contribution in [2.24, 2.45) is 0 Å². The summed E-state index contributed by atoms with van der Waals surface area (Å²) >= 11 is 0. The number of carbonyl (C=O) groups is 2. The van der Waals surface area contributed by atoms with Crippen LogP contribution in [0, 0.1) is 0 Å². The molecule has 0 saturated heterocycles. The Labute approximate surface area is 128 Å². The van der Waals surface area contributed by atoms with Crippen molar-refractivity contribution in [2.75, 3.05) is 0 Å². The molecule has 7 nitrogen and oxygen atoms in total. The number of benzene rings is 1. The van der Waals surface area contributed by atoms with E-state index in [1.807, 2.05) is 19.1 Å². The average molecular weight is 329 g/mol. The van der Waals surface area contributed by atoms with Crippen LogP contribution in [0.2, 0.25) is 0 Å². The number of rotatable bonds is 9. The molecule has 0 heterocycles. The molecule has 0 saturated carbocycles. The predicted molar refractivity (Wildman–Crippen MR) is 80.8 cm³/mol. The molecule has 4 N–H and O–H groups in total. The van der Waals surface area contributed by atoms with Gasteiger partial charge >= 0.3 is 11.9 Å². The fraction of sp³-hybridized carbons (Fsp3) is 0.429. The SMILES string of the molecule is CCc1ccc(CP(=O)(O)NC(CCC(=O)O)C(=O)O)cc1. The summed E-state index contributed by atoms with van der Waals surface area (Å²) in [7, 11) is -3.93. The summed E-state index contributed by atoms with van der Waals surface area (Å²) in [5.41, 5.74) is 1.70. The maximum Gasteiger partial charge on any atom is 0.321 e. The molecule has 0 radical (unpaired) electrons. The van der Waals surface area contributed by atoms with Crippen molar-refractivity contribution in [3.8, 4) is 0 Å². The van der Waals surface area contributed by atoms with Crippen LogP contribution >= 0.6 is 7.52 Å². The van der Waals surface area contributed by atoms with Gasteiger partial charge in [0.15, 0.2) is 0 Å². The molecular formula is C14H20NO6P. The average Bonchev–Trinajstić information content (AvgIpc) is 2.43. The molecule has 122 valence electrons. The van der Waals surface area contributed by atoms with E-state index in [4.69, 9.17) is 10.2 Å². The first-order valence-corrected chi connectivity index (χ1v) is 8.70. The highest BCUT2D eigenvalue weighted by Gasteiger charge is 2.28. The van der Waals surface area contributed by atoms with Crippen LogP contribution in [0.15, 0.2) is 24.3 Å². The van der Waals surface area contributed by atoms with Gasteiger partial charge in [-0.2, -0.15) is 0 Å². The van der Waals surface area contributed by atoms with Crippen LogP contribution in [0.4, 0.5) is 0 Å². The van der Waals surface area contributed by atoms with Crippen molar-refractivity contribution in [1.82, 2.24) is 5.09 Å². The van der Waals surface area contributed by atoms with Crippen LogP contribution in [-0.4, -0.2) is 33.1 Å². The molecule has 0 aliphatic carbocycles. The summed E-state index contributed by atoms with van der Waals surface area (Å²) < 4.78 is 12.1. The molecule has 0 aromatic heterocycles. The van der Waals surface area contributed by atoms with Crippen LogP contribution in [0.3, 0.4) is 0 Å². The molecule has 0 aliphatic rings. The topological polar surface area (TPSA) is 124 Å². The maximum atomic E-state index is 12.1. The number of hydrogen-bond donors (Lipinski definition) is 4. The predicted octanol–water partition coefficient (Wildman–Crippen LogP) is 1.84. The Kier molecular flexibility index (Phi) is 6.74. The van der Waals surface area contributed by atoms with Gasteiger partial charge in [-0.25, -0.2) is 5.09 Å². The van der Waals surface area contributed by atoms with Gasteiger partial charge in [0.25, 0.3) is 7.52 Å². The van der Waals surface area contributed by atoms with E-state index in [1.54, 1.807) is 12.1 Å². The normalized spacial score (nSPS) is 15.0. The first kappa shape index (κ1) is 18.4. The van der Waals surface area contributed by atoms with E-state index >= 15 is 0 Å². The molecule has 1 aromatic carbocycles. The van der Waals surface area contributed by atoms with Gasteiger partial charge in [0.2, 0.25) is 0 Å². The van der Waals surface area contributed by atoms with Crippen molar-refractivity contribution in [3.63, 3.8) is 0 Å². The number of hydrogen-bond acceptors (Lipinski definition) is 3. The largest absolute Gasteiger partial charge is 0.481 e. The summed E-state index contributed by atoms with van der Waals surface area (Å²) in [5.74, 6) is -2.51. The third kappa shape index (κ3) is 6.39. The number of nitrogens with one attached hydrogen (secondary N) is 1. The molecule has 0 aliphatic heterocycles. The lowest BCUT2D eigenvalue weighted by molar-refractivity contribution is -0.140. The molecule has 0 spiro atoms. The summed E-state index contributed by atoms with van der Waals surface area (Å²) in [6, 6.07) is 5.75. The summed E-state index contributed by atoms with van der Waals surface area (Å²) in [6.45, 7) is 1.99. The first-order chi connectivity index (χ1) is 10.2. The lowest BCUT2D eigenvalue weighted by Gasteiger charge is -2.19. The second kappa shape index (κ2) is 8.08. The fourth-order valence-corrected chi connectivity index (χ4v) is 3.45. The maximum absolute atomic E-state index is 12.1. The van der Waals surface area contributed by atoms with Crippen LogP contribution in [-0.2, 0) is 26.7 Å². The smallest absolute Gasteiger partial charge is 0.321 e. The van der Waals surface area contributed by atoms with E-state index in [1.165, 1.54) is 0 Å². The standard InChI is InChI=1S/C14H20NO6P/c1-2-10-3-5-11(6-4-10)9-22(20,21)15-12(14(18)19)7-8-13(16)17/h3-6,12H,2,7-9H2,1H3,(H,16,17)(H,18,19)(H2,15,20,21). The zero-order chi connectivity index (χ0) is 16.8. The quantitative estimate of drug-likeness (QED) is 0.510. The molecule has 2 atom stereocenters. The molecule has 0 amide bonds. The number of carboxylic acid groups (broad SMARTS) is 2. The Balaban J connectivity index is 2.71. The number of aryl methyl sites for hydroxylation is 1. The monoisotopic (exact) mass is 329 g/mol. The van der Waals surface area contributed by atoms with Crippen LogP contribution in [0.25, 0.3) is 0 Å². The zero-order valence-corrected chi connectivity index (χ0v) is 13.1. The zero-order valence-electron chi connectivity index (χ0n) is 12.2. The van der Waals surface area contributed by atoms with E-state index in [-0.39, 0.29) is 12.6 Å². The van der Waals surface area contributed by atoms with Crippen molar-refractivity contribution < 1.29 is 29.3 Å². The van der Waals surface area contributed by atoms with Gasteiger partial charge in [-0.3, -0.25) is 14.2 Å². The summed E-state index contributed by atoms with van der Waals surface area (Å²) in [6.07, 6.45) is -0.0153. The molecule has 2 unspecified atom stereocenters. The molecule has 22 heavy (non-hydrogen) atoms. The van der Waals surface area contributed by atoms with Crippen LogP contribution in [0.5, 0.6) is 0 Å². The number of aliphatic carboxylic acids is 2. The van der Waals surface area contributed by atoms with Gasteiger partial charge in [0.05, 0.1) is 6.16 Å². The van der Waals surface area contributed by atoms with Gasteiger partial charge in [0.1, 0.15) is 6.04 Å². The lowest BCUT2D eigenvalue weighted by Crippen LogP contribution is -2.35. The van der Waals surface area contributed by atoms with Crippen molar-refractivity contribution in [2.45, 2.75) is 38.4 Å². The first-order valence-electron chi connectivity index (χ1n) is 6.85. The third-order valence-electron chi connectivity index (χ3n) is 3.13. The minimum absolute atomic E-state index is 0.214. The van der Waals surface area contributed by atoms with E-state index in [2.05, 4.69) is 5.09 Å². The van der Waals surface area contributed by atoms with Gasteiger partial charge in [-0.05, 0) is 24.0 Å². The third-order valence-corrected chi connectivity index (χ3v) is 4.64. The summed E-state index contributed by atoms with van der Waals surface area (Å²) in [5, 5.41) is 19.7. The number of carboxylic acids is 2. The minimum Gasteiger partial charge on any atom is -0.481 e. The Morgan fingerprint density at radius 1 is 1.18 bits per heavy atom. The van der Waals surface area contributed by atoms with Crippen molar-refractivity contribution in [3.05, 3.63) is 35.4 Å². The Morgan fingerprint density at radius 3 is 2.18 bits per heavy atom. The van der Waals surface area contributed by atoms with Gasteiger partial charge in [0, 0.05) is 6.42 Å². The molecule has 0 bridgehead atoms.